The van der Waals surface area contributed by atoms with Crippen molar-refractivity contribution in [2.45, 2.75) is 12.8 Å². The molecular weight excluding hydrogens is 334 g/mol. The summed E-state index contributed by atoms with van der Waals surface area (Å²) < 4.78 is 5.75. The molecule has 0 N–H and O–H groups in total. The Hall–Kier alpha value is -1.47. The van der Waals surface area contributed by atoms with E-state index in [0.29, 0.717) is 11.6 Å². The number of aldehydes is 1. The fourth-order valence-electron chi connectivity index (χ4n) is 2.55. The SMILES string of the molecule is O=CC(OCc1cccs1)N1CCN(c2ccc(Cl)cn2)CC1. The Morgan fingerprint density at radius 2 is 2.13 bits per heavy atom. The van der Waals surface area contributed by atoms with E-state index in [2.05, 4.69) is 14.8 Å². The molecule has 0 radical (unpaired) electrons. The van der Waals surface area contributed by atoms with E-state index in [0.717, 1.165) is 43.2 Å². The number of thiophene rings is 1. The van der Waals surface area contributed by atoms with Crippen LogP contribution < -0.4 is 4.90 Å². The molecule has 23 heavy (non-hydrogen) atoms. The molecule has 2 aromatic rings. The van der Waals surface area contributed by atoms with Crippen molar-refractivity contribution in [3.8, 4) is 0 Å². The largest absolute Gasteiger partial charge is 0.354 e. The van der Waals surface area contributed by atoms with Gasteiger partial charge in [0.25, 0.3) is 0 Å². The highest BCUT2D eigenvalue weighted by Crippen LogP contribution is 2.18. The summed E-state index contributed by atoms with van der Waals surface area (Å²) in [7, 11) is 0. The van der Waals surface area contributed by atoms with Crippen LogP contribution in [0.3, 0.4) is 0 Å². The zero-order valence-electron chi connectivity index (χ0n) is 12.6. The quantitative estimate of drug-likeness (QED) is 0.749. The van der Waals surface area contributed by atoms with Gasteiger partial charge in [0.05, 0.1) is 11.6 Å². The second kappa shape index (κ2) is 7.88. The third-order valence-corrected chi connectivity index (χ3v) is 4.88. The third kappa shape index (κ3) is 4.29. The molecule has 1 unspecified atom stereocenters. The normalized spacial score (nSPS) is 17.2. The molecule has 1 saturated heterocycles. The number of nitrogens with zero attached hydrogens (tertiary/aromatic N) is 3. The van der Waals surface area contributed by atoms with Gasteiger partial charge in [-0.25, -0.2) is 4.98 Å². The van der Waals surface area contributed by atoms with Gasteiger partial charge in [-0.15, -0.1) is 11.3 Å². The van der Waals surface area contributed by atoms with Crippen molar-refractivity contribution >= 4 is 35.0 Å². The molecule has 0 aliphatic carbocycles. The van der Waals surface area contributed by atoms with Gasteiger partial charge in [-0.05, 0) is 23.6 Å². The molecule has 1 aliphatic rings. The smallest absolute Gasteiger partial charge is 0.167 e. The molecule has 1 aliphatic heterocycles. The molecule has 1 atom stereocenters. The molecule has 5 nitrogen and oxygen atoms in total. The lowest BCUT2D eigenvalue weighted by Crippen LogP contribution is -2.51. The van der Waals surface area contributed by atoms with E-state index < -0.39 is 6.23 Å². The molecule has 122 valence electrons. The Kier molecular flexibility index (Phi) is 5.61. The van der Waals surface area contributed by atoms with E-state index in [9.17, 15) is 4.79 Å². The van der Waals surface area contributed by atoms with Crippen LogP contribution in [-0.4, -0.2) is 48.6 Å². The number of ether oxygens (including phenoxy) is 1. The molecular formula is C16H18ClN3O2S. The summed E-state index contributed by atoms with van der Waals surface area (Å²) in [6, 6.07) is 7.75. The van der Waals surface area contributed by atoms with E-state index >= 15 is 0 Å². The van der Waals surface area contributed by atoms with Crippen LogP contribution in [0.25, 0.3) is 0 Å². The molecule has 0 aromatic carbocycles. The number of pyridine rings is 1. The van der Waals surface area contributed by atoms with Crippen LogP contribution in [0.4, 0.5) is 5.82 Å². The van der Waals surface area contributed by atoms with Gasteiger partial charge in [-0.1, -0.05) is 17.7 Å². The van der Waals surface area contributed by atoms with E-state index in [4.69, 9.17) is 16.3 Å². The van der Waals surface area contributed by atoms with Crippen LogP contribution in [0.1, 0.15) is 4.88 Å². The maximum atomic E-state index is 11.3. The predicted octanol–water partition coefficient (Wildman–Crippen LogP) is 2.66. The van der Waals surface area contributed by atoms with Crippen LogP contribution in [0.2, 0.25) is 5.02 Å². The van der Waals surface area contributed by atoms with Crippen molar-refractivity contribution in [2.75, 3.05) is 31.1 Å². The lowest BCUT2D eigenvalue weighted by Gasteiger charge is -2.37. The Labute approximate surface area is 144 Å². The molecule has 3 heterocycles. The van der Waals surface area contributed by atoms with Crippen LogP contribution in [0.15, 0.2) is 35.8 Å². The molecule has 3 rings (SSSR count). The fraction of sp³-hybridized carbons (Fsp3) is 0.375. The molecule has 0 bridgehead atoms. The van der Waals surface area contributed by atoms with Crippen LogP contribution in [-0.2, 0) is 16.1 Å². The van der Waals surface area contributed by atoms with Gasteiger partial charge < -0.3 is 9.64 Å². The predicted molar refractivity (Wildman–Crippen MR) is 92.0 cm³/mol. The average molecular weight is 352 g/mol. The summed E-state index contributed by atoms with van der Waals surface area (Å²) in [5, 5.41) is 2.64. The summed E-state index contributed by atoms with van der Waals surface area (Å²) in [5.74, 6) is 0.913. The first kappa shape index (κ1) is 16.4. The van der Waals surface area contributed by atoms with Crippen molar-refractivity contribution in [3.05, 3.63) is 45.7 Å². The number of halogens is 1. The molecule has 0 amide bonds. The summed E-state index contributed by atoms with van der Waals surface area (Å²) in [4.78, 5) is 21.1. The Morgan fingerprint density at radius 3 is 2.74 bits per heavy atom. The van der Waals surface area contributed by atoms with Crippen molar-refractivity contribution in [1.29, 1.82) is 0 Å². The number of carbonyl (C=O) groups excluding carboxylic acids is 1. The molecule has 1 fully saturated rings. The number of hydrogen-bond donors (Lipinski definition) is 0. The first-order chi connectivity index (χ1) is 11.3. The molecule has 0 spiro atoms. The van der Waals surface area contributed by atoms with Gasteiger partial charge in [-0.3, -0.25) is 9.69 Å². The van der Waals surface area contributed by atoms with Gasteiger partial charge in [0.15, 0.2) is 12.5 Å². The van der Waals surface area contributed by atoms with Gasteiger partial charge in [0.2, 0.25) is 0 Å². The van der Waals surface area contributed by atoms with Crippen molar-refractivity contribution < 1.29 is 9.53 Å². The second-order valence-corrected chi connectivity index (χ2v) is 6.74. The van der Waals surface area contributed by atoms with E-state index in [-0.39, 0.29) is 0 Å². The maximum absolute atomic E-state index is 11.3. The fourth-order valence-corrected chi connectivity index (χ4v) is 3.29. The minimum absolute atomic E-state index is 0.472. The van der Waals surface area contributed by atoms with Gasteiger partial charge >= 0.3 is 0 Å². The Balaban J connectivity index is 1.52. The second-order valence-electron chi connectivity index (χ2n) is 5.27. The number of rotatable bonds is 6. The van der Waals surface area contributed by atoms with Crippen LogP contribution >= 0.6 is 22.9 Å². The number of hydrogen-bond acceptors (Lipinski definition) is 6. The Morgan fingerprint density at radius 1 is 1.30 bits per heavy atom. The van der Waals surface area contributed by atoms with Crippen molar-refractivity contribution in [3.63, 3.8) is 0 Å². The van der Waals surface area contributed by atoms with E-state index in [1.165, 1.54) is 0 Å². The summed E-state index contributed by atoms with van der Waals surface area (Å²) in [6.45, 7) is 3.61. The minimum Gasteiger partial charge on any atom is -0.354 e. The highest BCUT2D eigenvalue weighted by molar-refractivity contribution is 7.09. The molecule has 2 aromatic heterocycles. The number of piperazine rings is 1. The van der Waals surface area contributed by atoms with Crippen LogP contribution in [0, 0.1) is 0 Å². The minimum atomic E-state index is -0.488. The number of carbonyl (C=O) groups is 1. The third-order valence-electron chi connectivity index (χ3n) is 3.80. The van der Waals surface area contributed by atoms with Crippen molar-refractivity contribution in [1.82, 2.24) is 9.88 Å². The van der Waals surface area contributed by atoms with Gasteiger partial charge in [0.1, 0.15) is 5.82 Å². The summed E-state index contributed by atoms with van der Waals surface area (Å²) in [5.41, 5.74) is 0. The standard InChI is InChI=1S/C16H18ClN3O2S/c17-13-3-4-15(18-10-13)19-5-7-20(8-6-19)16(11-21)22-12-14-2-1-9-23-14/h1-4,9-11,16H,5-8,12H2. The average Bonchev–Trinajstić information content (AvgIpc) is 3.10. The first-order valence-electron chi connectivity index (χ1n) is 7.46. The highest BCUT2D eigenvalue weighted by atomic mass is 35.5. The zero-order valence-corrected chi connectivity index (χ0v) is 14.2. The van der Waals surface area contributed by atoms with E-state index in [1.54, 1.807) is 17.5 Å². The maximum Gasteiger partial charge on any atom is 0.167 e. The zero-order chi connectivity index (χ0) is 16.1. The lowest BCUT2D eigenvalue weighted by atomic mass is 10.3. The number of anilines is 1. The number of aromatic nitrogens is 1. The van der Waals surface area contributed by atoms with Crippen molar-refractivity contribution in [2.24, 2.45) is 0 Å². The molecule has 0 saturated carbocycles. The first-order valence-corrected chi connectivity index (χ1v) is 8.72. The molecule has 7 heteroatoms. The topological polar surface area (TPSA) is 45.7 Å². The lowest BCUT2D eigenvalue weighted by molar-refractivity contribution is -0.133. The summed E-state index contributed by atoms with van der Waals surface area (Å²) >= 11 is 7.50. The van der Waals surface area contributed by atoms with Crippen LogP contribution in [0.5, 0.6) is 0 Å². The van der Waals surface area contributed by atoms with Gasteiger partial charge in [0, 0.05) is 37.3 Å². The van der Waals surface area contributed by atoms with Gasteiger partial charge in [-0.2, -0.15) is 0 Å². The highest BCUT2D eigenvalue weighted by Gasteiger charge is 2.24. The Bertz CT molecular complexity index is 613. The van der Waals surface area contributed by atoms with E-state index in [1.807, 2.05) is 29.6 Å². The monoisotopic (exact) mass is 351 g/mol. The summed E-state index contributed by atoms with van der Waals surface area (Å²) in [6.07, 6.45) is 2.04.